The monoisotopic (exact) mass is 434 g/mol. The minimum atomic E-state index is -0.587. The Kier molecular flexibility index (Phi) is 6.50. The molecular formula is C24H22N2O6. The van der Waals surface area contributed by atoms with Gasteiger partial charge in [-0.25, -0.2) is 4.79 Å². The van der Waals surface area contributed by atoms with Gasteiger partial charge in [0.25, 0.3) is 11.8 Å². The maximum Gasteiger partial charge on any atom is 0.338 e. The predicted octanol–water partition coefficient (Wildman–Crippen LogP) is 3.21. The first-order chi connectivity index (χ1) is 15.6. The van der Waals surface area contributed by atoms with E-state index < -0.39 is 5.97 Å². The first kappa shape index (κ1) is 21.2. The summed E-state index contributed by atoms with van der Waals surface area (Å²) >= 11 is 0. The van der Waals surface area contributed by atoms with E-state index in [-0.39, 0.29) is 24.2 Å². The largest absolute Gasteiger partial charge is 0.459 e. The van der Waals surface area contributed by atoms with E-state index >= 15 is 0 Å². The molecule has 0 atom stereocenters. The Balaban J connectivity index is 1.22. The van der Waals surface area contributed by atoms with Gasteiger partial charge in [-0.3, -0.25) is 9.59 Å². The second-order valence-electron chi connectivity index (χ2n) is 7.17. The van der Waals surface area contributed by atoms with E-state index in [4.69, 9.17) is 13.9 Å². The van der Waals surface area contributed by atoms with Crippen LogP contribution in [-0.2, 0) is 9.53 Å². The van der Waals surface area contributed by atoms with Crippen LogP contribution < -0.4 is 4.74 Å². The Labute approximate surface area is 184 Å². The van der Waals surface area contributed by atoms with Gasteiger partial charge in [0.1, 0.15) is 11.5 Å². The number of para-hydroxylation sites is 1. The normalized spacial score (nSPS) is 13.5. The van der Waals surface area contributed by atoms with Crippen LogP contribution in [0.4, 0.5) is 0 Å². The molecule has 3 aromatic rings. The summed E-state index contributed by atoms with van der Waals surface area (Å²) in [5.41, 5.74) is 0.326. The number of piperazine rings is 1. The lowest BCUT2D eigenvalue weighted by Crippen LogP contribution is -2.51. The van der Waals surface area contributed by atoms with Crippen LogP contribution in [0.5, 0.6) is 11.5 Å². The Bertz CT molecular complexity index is 1060. The number of carbonyl (C=O) groups excluding carboxylic acids is 3. The topological polar surface area (TPSA) is 89.3 Å². The van der Waals surface area contributed by atoms with Gasteiger partial charge in [0.2, 0.25) is 0 Å². The van der Waals surface area contributed by atoms with E-state index in [1.807, 2.05) is 30.3 Å². The van der Waals surface area contributed by atoms with E-state index in [0.29, 0.717) is 43.2 Å². The van der Waals surface area contributed by atoms with Crippen molar-refractivity contribution in [3.05, 3.63) is 84.3 Å². The van der Waals surface area contributed by atoms with Gasteiger partial charge in [0.15, 0.2) is 12.4 Å². The van der Waals surface area contributed by atoms with Gasteiger partial charge < -0.3 is 23.7 Å². The van der Waals surface area contributed by atoms with Gasteiger partial charge in [-0.05, 0) is 48.5 Å². The standard InChI is InChI=1S/C24H22N2O6/c27-22(25-12-14-26(15-13-25)23(28)21-7-4-16-30-21)17-31-24(29)18-8-10-20(11-9-18)32-19-5-2-1-3-6-19/h1-11,16H,12-15,17H2. The van der Waals surface area contributed by atoms with Crippen molar-refractivity contribution in [2.24, 2.45) is 0 Å². The van der Waals surface area contributed by atoms with Crippen molar-refractivity contribution in [2.75, 3.05) is 32.8 Å². The van der Waals surface area contributed by atoms with Crippen molar-refractivity contribution in [1.29, 1.82) is 0 Å². The molecule has 8 nitrogen and oxygen atoms in total. The molecule has 1 aliphatic heterocycles. The number of hydrogen-bond donors (Lipinski definition) is 0. The molecule has 0 aliphatic carbocycles. The number of benzene rings is 2. The molecule has 32 heavy (non-hydrogen) atoms. The van der Waals surface area contributed by atoms with Gasteiger partial charge in [-0.2, -0.15) is 0 Å². The lowest BCUT2D eigenvalue weighted by Gasteiger charge is -2.34. The molecule has 0 unspecified atom stereocenters. The van der Waals surface area contributed by atoms with Crippen LogP contribution >= 0.6 is 0 Å². The molecule has 2 aromatic carbocycles. The minimum absolute atomic E-state index is 0.201. The lowest BCUT2D eigenvalue weighted by atomic mass is 10.2. The van der Waals surface area contributed by atoms with Crippen molar-refractivity contribution in [1.82, 2.24) is 9.80 Å². The van der Waals surface area contributed by atoms with Crippen molar-refractivity contribution in [2.45, 2.75) is 0 Å². The zero-order valence-electron chi connectivity index (χ0n) is 17.3. The Morgan fingerprint density at radius 1 is 0.781 bits per heavy atom. The van der Waals surface area contributed by atoms with Crippen LogP contribution in [0, 0.1) is 0 Å². The molecule has 1 fully saturated rings. The van der Waals surface area contributed by atoms with Crippen molar-refractivity contribution in [3.8, 4) is 11.5 Å². The van der Waals surface area contributed by atoms with E-state index in [1.165, 1.54) is 6.26 Å². The van der Waals surface area contributed by atoms with Crippen LogP contribution in [0.15, 0.2) is 77.4 Å². The van der Waals surface area contributed by atoms with E-state index in [2.05, 4.69) is 0 Å². The number of rotatable bonds is 6. The highest BCUT2D eigenvalue weighted by atomic mass is 16.5. The van der Waals surface area contributed by atoms with Gasteiger partial charge >= 0.3 is 5.97 Å². The fraction of sp³-hybridized carbons (Fsp3) is 0.208. The number of amides is 2. The summed E-state index contributed by atoms with van der Waals surface area (Å²) < 4.78 is 16.0. The smallest absolute Gasteiger partial charge is 0.338 e. The zero-order valence-corrected chi connectivity index (χ0v) is 17.3. The molecule has 8 heteroatoms. The molecule has 0 spiro atoms. The summed E-state index contributed by atoms with van der Waals surface area (Å²) in [6.07, 6.45) is 1.45. The molecule has 164 valence electrons. The Hall–Kier alpha value is -4.07. The molecule has 0 N–H and O–H groups in total. The molecule has 4 rings (SSSR count). The second kappa shape index (κ2) is 9.82. The minimum Gasteiger partial charge on any atom is -0.459 e. The second-order valence-corrected chi connectivity index (χ2v) is 7.17. The summed E-state index contributed by atoms with van der Waals surface area (Å²) in [6.45, 7) is 1.17. The van der Waals surface area contributed by atoms with E-state index in [9.17, 15) is 14.4 Å². The molecule has 1 aromatic heterocycles. The highest BCUT2D eigenvalue weighted by molar-refractivity contribution is 5.92. The first-order valence-corrected chi connectivity index (χ1v) is 10.2. The molecule has 1 saturated heterocycles. The fourth-order valence-corrected chi connectivity index (χ4v) is 3.30. The van der Waals surface area contributed by atoms with Crippen molar-refractivity contribution >= 4 is 17.8 Å². The zero-order chi connectivity index (χ0) is 22.3. The van der Waals surface area contributed by atoms with E-state index in [1.54, 1.807) is 46.2 Å². The highest BCUT2D eigenvalue weighted by Gasteiger charge is 2.26. The predicted molar refractivity (Wildman–Crippen MR) is 114 cm³/mol. The van der Waals surface area contributed by atoms with Crippen molar-refractivity contribution in [3.63, 3.8) is 0 Å². The van der Waals surface area contributed by atoms with Crippen LogP contribution in [0.25, 0.3) is 0 Å². The molecule has 0 bridgehead atoms. The van der Waals surface area contributed by atoms with Gasteiger partial charge in [0, 0.05) is 26.2 Å². The van der Waals surface area contributed by atoms with Crippen molar-refractivity contribution < 1.29 is 28.3 Å². The van der Waals surface area contributed by atoms with Crippen LogP contribution in [0.3, 0.4) is 0 Å². The van der Waals surface area contributed by atoms with Crippen LogP contribution in [0.1, 0.15) is 20.9 Å². The quantitative estimate of drug-likeness (QED) is 0.554. The molecular weight excluding hydrogens is 412 g/mol. The summed E-state index contributed by atoms with van der Waals surface area (Å²) in [4.78, 5) is 40.2. The summed E-state index contributed by atoms with van der Waals surface area (Å²) in [5.74, 6) is 0.473. The third-order valence-electron chi connectivity index (χ3n) is 5.05. The number of nitrogens with zero attached hydrogens (tertiary/aromatic N) is 2. The Morgan fingerprint density at radius 3 is 2.09 bits per heavy atom. The van der Waals surface area contributed by atoms with Crippen LogP contribution in [0.2, 0.25) is 0 Å². The average Bonchev–Trinajstić information content (AvgIpc) is 3.38. The maximum absolute atomic E-state index is 12.4. The number of hydrogen-bond acceptors (Lipinski definition) is 6. The Morgan fingerprint density at radius 2 is 1.44 bits per heavy atom. The lowest BCUT2D eigenvalue weighted by molar-refractivity contribution is -0.136. The van der Waals surface area contributed by atoms with Gasteiger partial charge in [-0.1, -0.05) is 18.2 Å². The van der Waals surface area contributed by atoms with Gasteiger partial charge in [-0.15, -0.1) is 0 Å². The first-order valence-electron chi connectivity index (χ1n) is 10.2. The summed E-state index contributed by atoms with van der Waals surface area (Å²) in [7, 11) is 0. The highest BCUT2D eigenvalue weighted by Crippen LogP contribution is 2.21. The molecule has 2 amide bonds. The SMILES string of the molecule is O=C(OCC(=O)N1CCN(C(=O)c2ccco2)CC1)c1ccc(Oc2ccccc2)cc1. The third-order valence-corrected chi connectivity index (χ3v) is 5.05. The number of furan rings is 1. The molecule has 1 aliphatic rings. The fourth-order valence-electron chi connectivity index (χ4n) is 3.30. The van der Waals surface area contributed by atoms with Crippen LogP contribution in [-0.4, -0.2) is 60.4 Å². The average molecular weight is 434 g/mol. The summed E-state index contributed by atoms with van der Waals surface area (Å²) in [6, 6.07) is 19.1. The van der Waals surface area contributed by atoms with E-state index in [0.717, 1.165) is 0 Å². The number of esters is 1. The summed E-state index contributed by atoms with van der Waals surface area (Å²) in [5, 5.41) is 0. The van der Waals surface area contributed by atoms with Gasteiger partial charge in [0.05, 0.1) is 11.8 Å². The third kappa shape index (κ3) is 5.15. The number of ether oxygens (including phenoxy) is 2. The maximum atomic E-state index is 12.4. The molecule has 2 heterocycles. The molecule has 0 saturated carbocycles. The molecule has 0 radical (unpaired) electrons. The number of carbonyl (C=O) groups is 3.